The lowest BCUT2D eigenvalue weighted by atomic mass is 9.87. The van der Waals surface area contributed by atoms with Crippen molar-refractivity contribution in [2.75, 3.05) is 19.0 Å². The van der Waals surface area contributed by atoms with Gasteiger partial charge < -0.3 is 19.6 Å². The molecule has 2 heterocycles. The van der Waals surface area contributed by atoms with Gasteiger partial charge in [0.1, 0.15) is 18.1 Å². The van der Waals surface area contributed by atoms with E-state index in [1.165, 1.54) is 0 Å². The second-order valence-corrected chi connectivity index (χ2v) is 7.77. The quantitative estimate of drug-likeness (QED) is 0.797. The largest absolute Gasteiger partial charge is 0.494 e. The molecule has 0 bridgehead atoms. The van der Waals surface area contributed by atoms with Crippen molar-refractivity contribution < 1.29 is 19.1 Å². The van der Waals surface area contributed by atoms with Crippen LogP contribution in [0.3, 0.4) is 0 Å². The minimum absolute atomic E-state index is 0.128. The third-order valence-electron chi connectivity index (χ3n) is 5.88. The lowest BCUT2D eigenvalue weighted by Crippen LogP contribution is -2.33. The van der Waals surface area contributed by atoms with Crippen LogP contribution in [0.1, 0.15) is 51.0 Å². The fraction of sp³-hybridized carbons (Fsp3) is 0.571. The number of nitrogens with one attached hydrogen (secondary N) is 1. The molecular formula is C21H27N3O4. The van der Waals surface area contributed by atoms with E-state index in [1.54, 1.807) is 7.11 Å². The van der Waals surface area contributed by atoms with Crippen molar-refractivity contribution in [2.45, 2.75) is 57.1 Å². The number of aldehydes is 1. The van der Waals surface area contributed by atoms with Crippen LogP contribution in [0, 0.1) is 5.92 Å². The van der Waals surface area contributed by atoms with E-state index in [4.69, 9.17) is 14.6 Å². The molecule has 1 aliphatic carbocycles. The maximum Gasteiger partial charge on any atom is 0.253 e. The topological polar surface area (TPSA) is 82.5 Å². The summed E-state index contributed by atoms with van der Waals surface area (Å²) in [6.07, 6.45) is 9.20. The maximum atomic E-state index is 12.5. The first-order valence-electron chi connectivity index (χ1n) is 10.1. The average molecular weight is 385 g/mol. The molecule has 4 rings (SSSR count). The highest BCUT2D eigenvalue weighted by molar-refractivity contribution is 5.98. The molecule has 1 aromatic carbocycles. The van der Waals surface area contributed by atoms with Crippen LogP contribution in [0.15, 0.2) is 18.3 Å². The lowest BCUT2D eigenvalue weighted by Gasteiger charge is -2.25. The number of fused-ring (bicyclic) bond motifs is 1. The molecule has 2 fully saturated rings. The van der Waals surface area contributed by atoms with E-state index in [0.717, 1.165) is 62.1 Å². The summed E-state index contributed by atoms with van der Waals surface area (Å²) in [7, 11) is 1.59. The van der Waals surface area contributed by atoms with E-state index in [-0.39, 0.29) is 11.8 Å². The van der Waals surface area contributed by atoms with Gasteiger partial charge in [-0.3, -0.25) is 9.48 Å². The second-order valence-electron chi connectivity index (χ2n) is 7.77. The summed E-state index contributed by atoms with van der Waals surface area (Å²) in [4.78, 5) is 23.5. The van der Waals surface area contributed by atoms with E-state index < -0.39 is 6.10 Å². The molecule has 1 aromatic heterocycles. The fourth-order valence-corrected chi connectivity index (χ4v) is 4.19. The number of carbonyl (C=O) groups is 2. The molecule has 0 radical (unpaired) electrons. The minimum atomic E-state index is -0.398. The van der Waals surface area contributed by atoms with Crippen molar-refractivity contribution in [3.8, 4) is 5.75 Å². The van der Waals surface area contributed by atoms with Gasteiger partial charge in [-0.2, -0.15) is 5.10 Å². The third-order valence-corrected chi connectivity index (χ3v) is 5.88. The molecule has 1 atom stereocenters. The lowest BCUT2D eigenvalue weighted by molar-refractivity contribution is -0.130. The highest BCUT2D eigenvalue weighted by atomic mass is 16.5. The summed E-state index contributed by atoms with van der Waals surface area (Å²) in [5, 5.41) is 8.63. The van der Waals surface area contributed by atoms with Crippen LogP contribution in [-0.2, 0) is 14.3 Å². The number of anilines is 1. The van der Waals surface area contributed by atoms with Gasteiger partial charge >= 0.3 is 0 Å². The molecule has 1 aliphatic heterocycles. The molecule has 0 unspecified atom stereocenters. The Morgan fingerprint density at radius 2 is 2.07 bits per heavy atom. The molecule has 7 heteroatoms. The Morgan fingerprint density at radius 1 is 1.25 bits per heavy atom. The van der Waals surface area contributed by atoms with Crippen molar-refractivity contribution >= 4 is 28.8 Å². The van der Waals surface area contributed by atoms with Crippen molar-refractivity contribution in [3.05, 3.63) is 18.3 Å². The van der Waals surface area contributed by atoms with Gasteiger partial charge in [-0.1, -0.05) is 0 Å². The van der Waals surface area contributed by atoms with Crippen LogP contribution in [-0.4, -0.2) is 41.8 Å². The van der Waals surface area contributed by atoms with Gasteiger partial charge in [0, 0.05) is 30.2 Å². The Hall–Kier alpha value is -2.41. The molecule has 0 spiro atoms. The van der Waals surface area contributed by atoms with Gasteiger partial charge in [0.15, 0.2) is 0 Å². The molecule has 1 amide bonds. The van der Waals surface area contributed by atoms with Crippen molar-refractivity contribution in [2.24, 2.45) is 5.92 Å². The van der Waals surface area contributed by atoms with Crippen LogP contribution in [0.2, 0.25) is 0 Å². The highest BCUT2D eigenvalue weighted by Crippen LogP contribution is 2.34. The summed E-state index contributed by atoms with van der Waals surface area (Å²) in [5.74, 6) is 0.647. The molecular weight excluding hydrogens is 358 g/mol. The van der Waals surface area contributed by atoms with Gasteiger partial charge in [0.25, 0.3) is 5.91 Å². The smallest absolute Gasteiger partial charge is 0.253 e. The van der Waals surface area contributed by atoms with Crippen LogP contribution >= 0.6 is 0 Å². The van der Waals surface area contributed by atoms with Gasteiger partial charge in [0.2, 0.25) is 0 Å². The van der Waals surface area contributed by atoms with Crippen molar-refractivity contribution in [3.63, 3.8) is 0 Å². The number of aromatic nitrogens is 2. The molecule has 1 saturated heterocycles. The first-order valence-corrected chi connectivity index (χ1v) is 10.1. The Labute approximate surface area is 164 Å². The predicted octanol–water partition coefficient (Wildman–Crippen LogP) is 3.48. The van der Waals surface area contributed by atoms with E-state index in [2.05, 4.69) is 5.32 Å². The first-order chi connectivity index (χ1) is 13.7. The van der Waals surface area contributed by atoms with E-state index in [9.17, 15) is 9.59 Å². The van der Waals surface area contributed by atoms with Crippen LogP contribution < -0.4 is 10.1 Å². The first kappa shape index (κ1) is 18.9. The van der Waals surface area contributed by atoms with Crippen LogP contribution in [0.4, 0.5) is 5.69 Å². The maximum absolute atomic E-state index is 12.5. The normalized spacial score (nSPS) is 25.4. The Morgan fingerprint density at radius 3 is 2.75 bits per heavy atom. The molecule has 1 saturated carbocycles. The highest BCUT2D eigenvalue weighted by Gasteiger charge is 2.25. The molecule has 7 nitrogen and oxygen atoms in total. The number of methoxy groups -OCH3 is 1. The minimum Gasteiger partial charge on any atom is -0.494 e. The molecule has 1 N–H and O–H groups in total. The summed E-state index contributed by atoms with van der Waals surface area (Å²) in [5.41, 5.74) is 1.47. The van der Waals surface area contributed by atoms with Gasteiger partial charge in [-0.25, -0.2) is 0 Å². The number of benzene rings is 1. The van der Waals surface area contributed by atoms with E-state index in [1.807, 2.05) is 23.0 Å². The number of rotatable bonds is 5. The second kappa shape index (κ2) is 8.31. The SMILES string of the molecule is COc1cc2nn(C3CCC(C=O)CC3)cc2cc1NC(=O)[C@H]1CCCCO1. The summed E-state index contributed by atoms with van der Waals surface area (Å²) >= 11 is 0. The Balaban J connectivity index is 1.54. The summed E-state index contributed by atoms with van der Waals surface area (Å²) < 4.78 is 13.1. The summed E-state index contributed by atoms with van der Waals surface area (Å²) in [6, 6.07) is 4.08. The number of hydrogen-bond acceptors (Lipinski definition) is 5. The number of carbonyl (C=O) groups excluding carboxylic acids is 2. The Kier molecular flexibility index (Phi) is 5.62. The summed E-state index contributed by atoms with van der Waals surface area (Å²) in [6.45, 7) is 0.632. The fourth-order valence-electron chi connectivity index (χ4n) is 4.19. The van der Waals surface area contributed by atoms with Crippen LogP contribution in [0.5, 0.6) is 5.75 Å². The van der Waals surface area contributed by atoms with Gasteiger partial charge in [0.05, 0.1) is 24.4 Å². The third kappa shape index (κ3) is 3.90. The zero-order valence-electron chi connectivity index (χ0n) is 16.2. The standard InChI is InChI=1S/C21H27N3O4/c1-27-20-11-17-15(10-18(20)22-21(26)19-4-2-3-9-28-19)12-24(23-17)16-7-5-14(13-25)6-8-16/h10-14,16,19H,2-9H2,1H3,(H,22,26)/t14?,16?,19-/m1/s1. The van der Waals surface area contributed by atoms with Crippen LogP contribution in [0.25, 0.3) is 10.9 Å². The average Bonchev–Trinajstić information content (AvgIpc) is 3.16. The van der Waals surface area contributed by atoms with Gasteiger partial charge in [-0.15, -0.1) is 0 Å². The number of hydrogen-bond donors (Lipinski definition) is 1. The van der Waals surface area contributed by atoms with Gasteiger partial charge in [-0.05, 0) is 51.0 Å². The Bertz CT molecular complexity index is 849. The monoisotopic (exact) mass is 385 g/mol. The number of ether oxygens (including phenoxy) is 2. The van der Waals surface area contributed by atoms with Crippen molar-refractivity contribution in [1.29, 1.82) is 0 Å². The van der Waals surface area contributed by atoms with E-state index >= 15 is 0 Å². The number of nitrogens with zero attached hydrogens (tertiary/aromatic N) is 2. The van der Waals surface area contributed by atoms with E-state index in [0.29, 0.717) is 24.1 Å². The molecule has 2 aromatic rings. The zero-order chi connectivity index (χ0) is 19.5. The zero-order valence-corrected chi connectivity index (χ0v) is 16.2. The van der Waals surface area contributed by atoms with Crippen molar-refractivity contribution in [1.82, 2.24) is 9.78 Å². The molecule has 28 heavy (non-hydrogen) atoms. The number of amides is 1. The molecule has 150 valence electrons. The molecule has 2 aliphatic rings. The predicted molar refractivity (Wildman–Crippen MR) is 106 cm³/mol.